The topological polar surface area (TPSA) is 80.9 Å². The van der Waals surface area contributed by atoms with Crippen molar-refractivity contribution in [2.75, 3.05) is 0 Å². The van der Waals surface area contributed by atoms with E-state index in [0.29, 0.717) is 40.9 Å². The molecule has 0 bridgehead atoms. The largest absolute Gasteiger partial charge is 0.361 e. The number of hydrogen-bond donors (Lipinski definition) is 1. The Hall–Kier alpha value is -2.61. The van der Waals surface area contributed by atoms with Gasteiger partial charge in [-0.25, -0.2) is 9.37 Å². The number of halogens is 1. The molecule has 0 atom stereocenters. The van der Waals surface area contributed by atoms with Crippen LogP contribution >= 0.6 is 11.3 Å². The van der Waals surface area contributed by atoms with E-state index in [4.69, 9.17) is 4.52 Å². The Bertz CT molecular complexity index is 976. The summed E-state index contributed by atoms with van der Waals surface area (Å²) >= 11 is 1.43. The van der Waals surface area contributed by atoms with Crippen LogP contribution < -0.4 is 5.32 Å². The lowest BCUT2D eigenvalue weighted by Gasteiger charge is -2.01. The summed E-state index contributed by atoms with van der Waals surface area (Å²) in [5.74, 6) is 0.281. The molecule has 1 aliphatic rings. The van der Waals surface area contributed by atoms with Crippen LogP contribution in [0.5, 0.6) is 0 Å². The van der Waals surface area contributed by atoms with Crippen LogP contribution in [-0.4, -0.2) is 27.1 Å². The molecule has 0 radical (unpaired) electrons. The van der Waals surface area contributed by atoms with Crippen molar-refractivity contribution in [3.8, 4) is 11.4 Å². The van der Waals surface area contributed by atoms with Crippen LogP contribution in [0.15, 0.2) is 22.9 Å². The molecule has 1 aliphatic carbocycles. The molecule has 3 aromatic heterocycles. The number of hydrogen-bond acceptors (Lipinski definition) is 6. The highest BCUT2D eigenvalue weighted by atomic mass is 32.1. The van der Waals surface area contributed by atoms with Crippen LogP contribution in [0.25, 0.3) is 11.4 Å². The minimum atomic E-state index is -0.393. The normalized spacial score (nSPS) is 13.7. The highest BCUT2D eigenvalue weighted by Crippen LogP contribution is 2.27. The average Bonchev–Trinajstić information content (AvgIpc) is 3.26. The fraction of sp³-hybridized carbons (Fsp3) is 0.368. The van der Waals surface area contributed by atoms with Crippen LogP contribution in [0, 0.1) is 19.7 Å². The molecule has 140 valence electrons. The molecule has 8 heteroatoms. The van der Waals surface area contributed by atoms with Gasteiger partial charge in [-0.15, -0.1) is 11.3 Å². The van der Waals surface area contributed by atoms with E-state index in [1.165, 1.54) is 17.4 Å². The molecule has 1 amide bonds. The van der Waals surface area contributed by atoms with Gasteiger partial charge in [0.1, 0.15) is 22.1 Å². The Balaban J connectivity index is 1.50. The lowest BCUT2D eigenvalue weighted by molar-refractivity contribution is 0.0954. The average molecular weight is 386 g/mol. The molecule has 1 fully saturated rings. The number of thiazole rings is 1. The predicted octanol–water partition coefficient (Wildman–Crippen LogP) is 3.63. The molecule has 3 aromatic rings. The number of amides is 1. The predicted molar refractivity (Wildman–Crippen MR) is 99.2 cm³/mol. The SMILES string of the molecule is Cc1nc(CCc2c(-c3ccc(F)cn3)noc2C)sc1C(=O)NC1CC1. The first-order valence-electron chi connectivity index (χ1n) is 8.85. The summed E-state index contributed by atoms with van der Waals surface area (Å²) in [5, 5.41) is 7.98. The van der Waals surface area contributed by atoms with Gasteiger partial charge >= 0.3 is 0 Å². The lowest BCUT2D eigenvalue weighted by atomic mass is 10.1. The maximum absolute atomic E-state index is 13.1. The second-order valence-electron chi connectivity index (χ2n) is 6.70. The van der Waals surface area contributed by atoms with E-state index in [1.54, 1.807) is 6.07 Å². The number of aryl methyl sites for hydroxylation is 3. The van der Waals surface area contributed by atoms with Crippen LogP contribution in [0.4, 0.5) is 4.39 Å². The Morgan fingerprint density at radius 3 is 2.85 bits per heavy atom. The summed E-state index contributed by atoms with van der Waals surface area (Å²) in [6.45, 7) is 3.71. The molecule has 4 rings (SSSR count). The summed E-state index contributed by atoms with van der Waals surface area (Å²) in [7, 11) is 0. The summed E-state index contributed by atoms with van der Waals surface area (Å²) < 4.78 is 18.4. The number of rotatable bonds is 6. The quantitative estimate of drug-likeness (QED) is 0.700. The second kappa shape index (κ2) is 7.19. The van der Waals surface area contributed by atoms with Gasteiger partial charge < -0.3 is 9.84 Å². The van der Waals surface area contributed by atoms with E-state index >= 15 is 0 Å². The van der Waals surface area contributed by atoms with Gasteiger partial charge in [-0.05, 0) is 45.2 Å². The number of aromatic nitrogens is 3. The summed E-state index contributed by atoms with van der Waals surface area (Å²) in [6.07, 6.45) is 4.60. The van der Waals surface area contributed by atoms with Crippen molar-refractivity contribution in [3.05, 3.63) is 51.0 Å². The summed E-state index contributed by atoms with van der Waals surface area (Å²) in [4.78, 5) is 21.6. The summed E-state index contributed by atoms with van der Waals surface area (Å²) in [5.41, 5.74) is 2.87. The van der Waals surface area contributed by atoms with E-state index in [1.807, 2.05) is 13.8 Å². The fourth-order valence-corrected chi connectivity index (χ4v) is 3.85. The van der Waals surface area contributed by atoms with Gasteiger partial charge in [0.05, 0.1) is 22.6 Å². The zero-order valence-electron chi connectivity index (χ0n) is 15.1. The van der Waals surface area contributed by atoms with Crippen molar-refractivity contribution >= 4 is 17.2 Å². The molecular formula is C19H19FN4O2S. The first-order chi connectivity index (χ1) is 13.0. The third-order valence-corrected chi connectivity index (χ3v) is 5.72. The Labute approximate surface area is 159 Å². The van der Waals surface area contributed by atoms with E-state index in [-0.39, 0.29) is 5.91 Å². The van der Waals surface area contributed by atoms with Crippen LogP contribution in [0.3, 0.4) is 0 Å². The maximum Gasteiger partial charge on any atom is 0.263 e. The number of carbonyl (C=O) groups excluding carboxylic acids is 1. The molecule has 0 unspecified atom stereocenters. The van der Waals surface area contributed by atoms with E-state index in [0.717, 1.165) is 35.3 Å². The second-order valence-corrected chi connectivity index (χ2v) is 7.78. The number of pyridine rings is 1. The first-order valence-corrected chi connectivity index (χ1v) is 9.67. The number of carbonyl (C=O) groups is 1. The van der Waals surface area contributed by atoms with Gasteiger partial charge in [-0.2, -0.15) is 0 Å². The lowest BCUT2D eigenvalue weighted by Crippen LogP contribution is -2.25. The standard InChI is InChI=1S/C19H19FN4O2S/c1-10-18(19(25)23-13-4-5-13)27-16(22-10)8-6-14-11(2)26-24-17(14)15-7-3-12(20)9-21-15/h3,7,9,13H,4-6,8H2,1-2H3,(H,23,25). The van der Waals surface area contributed by atoms with Crippen LogP contribution in [0.1, 0.15) is 44.5 Å². The van der Waals surface area contributed by atoms with Crippen molar-refractivity contribution in [1.29, 1.82) is 0 Å². The minimum Gasteiger partial charge on any atom is -0.361 e. The Morgan fingerprint density at radius 2 is 2.15 bits per heavy atom. The molecule has 1 saturated carbocycles. The smallest absolute Gasteiger partial charge is 0.263 e. The molecule has 3 heterocycles. The van der Waals surface area contributed by atoms with Gasteiger partial charge in [0.25, 0.3) is 5.91 Å². The van der Waals surface area contributed by atoms with Crippen molar-refractivity contribution in [2.24, 2.45) is 0 Å². The van der Waals surface area contributed by atoms with Crippen molar-refractivity contribution < 1.29 is 13.7 Å². The Kier molecular flexibility index (Phi) is 4.73. The number of nitrogens with one attached hydrogen (secondary N) is 1. The fourth-order valence-electron chi connectivity index (χ4n) is 2.88. The van der Waals surface area contributed by atoms with Gasteiger partial charge in [0.2, 0.25) is 0 Å². The van der Waals surface area contributed by atoms with Crippen LogP contribution in [-0.2, 0) is 12.8 Å². The molecule has 1 N–H and O–H groups in total. The Morgan fingerprint density at radius 1 is 1.33 bits per heavy atom. The van der Waals surface area contributed by atoms with Gasteiger partial charge in [-0.3, -0.25) is 9.78 Å². The van der Waals surface area contributed by atoms with E-state index in [9.17, 15) is 9.18 Å². The molecule has 0 aromatic carbocycles. The monoisotopic (exact) mass is 386 g/mol. The third kappa shape index (κ3) is 3.90. The van der Waals surface area contributed by atoms with Crippen molar-refractivity contribution in [2.45, 2.75) is 45.6 Å². The first kappa shape index (κ1) is 17.8. The molecule has 0 spiro atoms. The van der Waals surface area contributed by atoms with Gasteiger partial charge in [0, 0.05) is 18.0 Å². The van der Waals surface area contributed by atoms with Crippen LogP contribution in [0.2, 0.25) is 0 Å². The zero-order valence-corrected chi connectivity index (χ0v) is 15.9. The molecular weight excluding hydrogens is 367 g/mol. The molecule has 0 saturated heterocycles. The maximum atomic E-state index is 13.1. The number of nitrogens with zero attached hydrogens (tertiary/aromatic N) is 3. The third-order valence-electron chi connectivity index (χ3n) is 4.50. The zero-order chi connectivity index (χ0) is 19.0. The van der Waals surface area contributed by atoms with Crippen molar-refractivity contribution in [3.63, 3.8) is 0 Å². The van der Waals surface area contributed by atoms with E-state index in [2.05, 4.69) is 20.4 Å². The molecule has 0 aliphatic heterocycles. The van der Waals surface area contributed by atoms with Gasteiger partial charge in [0.15, 0.2) is 0 Å². The van der Waals surface area contributed by atoms with E-state index < -0.39 is 5.82 Å². The van der Waals surface area contributed by atoms with Crippen molar-refractivity contribution in [1.82, 2.24) is 20.4 Å². The minimum absolute atomic E-state index is 0.0314. The van der Waals surface area contributed by atoms with Gasteiger partial charge in [-0.1, -0.05) is 5.16 Å². The highest BCUT2D eigenvalue weighted by Gasteiger charge is 2.26. The highest BCUT2D eigenvalue weighted by molar-refractivity contribution is 7.13. The molecule has 6 nitrogen and oxygen atoms in total. The molecule has 27 heavy (non-hydrogen) atoms. The summed E-state index contributed by atoms with van der Waals surface area (Å²) in [6, 6.07) is 3.27.